The van der Waals surface area contributed by atoms with Crippen LogP contribution in [-0.2, 0) is 6.18 Å². The third-order valence-corrected chi connectivity index (χ3v) is 8.06. The molecule has 1 aromatic rings. The molecule has 0 heterocycles. The highest BCUT2D eigenvalue weighted by atomic mass is 19.4. The Labute approximate surface area is 161 Å². The molecule has 0 radical (unpaired) electrons. The van der Waals surface area contributed by atoms with Crippen LogP contribution in [0.15, 0.2) is 24.3 Å². The molecule has 3 aliphatic carbocycles. The molecule has 0 aliphatic heterocycles. The average Bonchev–Trinajstić information content (AvgIpc) is 2.67. The highest BCUT2D eigenvalue weighted by Crippen LogP contribution is 2.55. The Morgan fingerprint density at radius 1 is 0.815 bits per heavy atom. The lowest BCUT2D eigenvalue weighted by molar-refractivity contribution is -0.137. The highest BCUT2D eigenvalue weighted by Gasteiger charge is 2.44. The monoisotopic (exact) mass is 378 g/mol. The van der Waals surface area contributed by atoms with E-state index in [9.17, 15) is 13.2 Å². The van der Waals surface area contributed by atoms with Crippen LogP contribution in [-0.4, -0.2) is 0 Å². The SMILES string of the molecule is CCCC1CCC2C(CCC3CC(c4ccc(C(F)(F)F)cc4)CCC32)C1. The molecule has 150 valence electrons. The molecule has 3 aliphatic rings. The molecular formula is C24H33F3. The first-order valence-corrected chi connectivity index (χ1v) is 11.1. The Kier molecular flexibility index (Phi) is 5.58. The first kappa shape index (κ1) is 19.3. The molecule has 0 bridgehead atoms. The molecule has 0 spiro atoms. The molecule has 27 heavy (non-hydrogen) atoms. The minimum atomic E-state index is -4.23. The van der Waals surface area contributed by atoms with Gasteiger partial charge in [0.2, 0.25) is 0 Å². The van der Waals surface area contributed by atoms with Gasteiger partial charge in [0, 0.05) is 0 Å². The summed E-state index contributed by atoms with van der Waals surface area (Å²) in [4.78, 5) is 0. The first-order valence-electron chi connectivity index (χ1n) is 11.1. The number of hydrogen-bond donors (Lipinski definition) is 0. The van der Waals surface area contributed by atoms with Crippen molar-refractivity contribution in [2.75, 3.05) is 0 Å². The Morgan fingerprint density at radius 2 is 1.44 bits per heavy atom. The van der Waals surface area contributed by atoms with Crippen molar-refractivity contribution in [1.82, 2.24) is 0 Å². The lowest BCUT2D eigenvalue weighted by Gasteiger charge is -2.51. The third kappa shape index (κ3) is 4.07. The highest BCUT2D eigenvalue weighted by molar-refractivity contribution is 5.27. The minimum Gasteiger partial charge on any atom is -0.166 e. The fraction of sp³-hybridized carbons (Fsp3) is 0.750. The van der Waals surface area contributed by atoms with Crippen molar-refractivity contribution in [1.29, 1.82) is 0 Å². The fourth-order valence-corrected chi connectivity index (χ4v) is 6.81. The van der Waals surface area contributed by atoms with Crippen LogP contribution in [0.3, 0.4) is 0 Å². The van der Waals surface area contributed by atoms with Gasteiger partial charge in [-0.2, -0.15) is 13.2 Å². The van der Waals surface area contributed by atoms with E-state index in [0.717, 1.165) is 41.6 Å². The molecule has 0 saturated heterocycles. The second kappa shape index (κ2) is 7.79. The minimum absolute atomic E-state index is 0.460. The van der Waals surface area contributed by atoms with E-state index in [2.05, 4.69) is 6.92 Å². The van der Waals surface area contributed by atoms with E-state index >= 15 is 0 Å². The molecule has 0 aromatic heterocycles. The maximum Gasteiger partial charge on any atom is 0.416 e. The maximum atomic E-state index is 12.8. The molecule has 4 rings (SSSR count). The van der Waals surface area contributed by atoms with Gasteiger partial charge in [0.05, 0.1) is 5.56 Å². The molecule has 0 nitrogen and oxygen atoms in total. The van der Waals surface area contributed by atoms with Crippen LogP contribution in [0.4, 0.5) is 13.2 Å². The molecular weight excluding hydrogens is 345 g/mol. The van der Waals surface area contributed by atoms with E-state index in [4.69, 9.17) is 0 Å². The number of alkyl halides is 3. The molecule has 1 aromatic carbocycles. The Balaban J connectivity index is 1.39. The van der Waals surface area contributed by atoms with Crippen LogP contribution >= 0.6 is 0 Å². The summed E-state index contributed by atoms with van der Waals surface area (Å²) < 4.78 is 38.5. The van der Waals surface area contributed by atoms with Gasteiger partial charge in [-0.15, -0.1) is 0 Å². The second-order valence-corrected chi connectivity index (χ2v) is 9.52. The molecule has 3 fully saturated rings. The van der Waals surface area contributed by atoms with Crippen LogP contribution in [0.25, 0.3) is 0 Å². The van der Waals surface area contributed by atoms with Crippen molar-refractivity contribution in [2.45, 2.75) is 83.2 Å². The van der Waals surface area contributed by atoms with Crippen molar-refractivity contribution in [3.63, 3.8) is 0 Å². The molecule has 0 amide bonds. The standard InChI is InChI=1S/C24H33F3/c1-2-3-16-4-12-22-19(14-16)5-6-20-15-18(9-13-23(20)22)17-7-10-21(11-8-17)24(25,26)27/h7-8,10-11,16,18-20,22-23H,2-6,9,12-15H2,1H3. The van der Waals surface area contributed by atoms with E-state index in [0.29, 0.717) is 5.92 Å². The van der Waals surface area contributed by atoms with Crippen molar-refractivity contribution in [3.8, 4) is 0 Å². The van der Waals surface area contributed by atoms with Gasteiger partial charge in [0.25, 0.3) is 0 Å². The number of halogens is 3. The summed E-state index contributed by atoms with van der Waals surface area (Å²) in [7, 11) is 0. The lowest BCUT2D eigenvalue weighted by atomic mass is 9.55. The van der Waals surface area contributed by atoms with Crippen molar-refractivity contribution in [3.05, 3.63) is 35.4 Å². The van der Waals surface area contributed by atoms with Gasteiger partial charge in [0.1, 0.15) is 0 Å². The van der Waals surface area contributed by atoms with Crippen molar-refractivity contribution >= 4 is 0 Å². The summed E-state index contributed by atoms with van der Waals surface area (Å²) in [6, 6.07) is 6.01. The van der Waals surface area contributed by atoms with Crippen LogP contribution in [0, 0.1) is 29.6 Å². The van der Waals surface area contributed by atoms with Gasteiger partial charge in [-0.25, -0.2) is 0 Å². The summed E-state index contributed by atoms with van der Waals surface area (Å²) in [5, 5.41) is 0. The first-order chi connectivity index (χ1) is 13.0. The molecule has 6 unspecified atom stereocenters. The Bertz CT molecular complexity index is 618. The van der Waals surface area contributed by atoms with Crippen molar-refractivity contribution < 1.29 is 13.2 Å². The molecule has 3 saturated carbocycles. The summed E-state index contributed by atoms with van der Waals surface area (Å²) >= 11 is 0. The predicted octanol–water partition coefficient (Wildman–Crippen LogP) is 7.83. The summed E-state index contributed by atoms with van der Waals surface area (Å²) in [5.41, 5.74) is 0.597. The van der Waals surface area contributed by atoms with E-state index in [1.165, 1.54) is 69.9 Å². The molecule has 0 N–H and O–H groups in total. The van der Waals surface area contributed by atoms with Gasteiger partial charge in [-0.1, -0.05) is 38.3 Å². The molecule has 6 atom stereocenters. The zero-order valence-corrected chi connectivity index (χ0v) is 16.5. The van der Waals surface area contributed by atoms with Crippen LogP contribution in [0.1, 0.15) is 88.2 Å². The quantitative estimate of drug-likeness (QED) is 0.503. The van der Waals surface area contributed by atoms with E-state index < -0.39 is 11.7 Å². The van der Waals surface area contributed by atoms with Crippen LogP contribution in [0.5, 0.6) is 0 Å². The van der Waals surface area contributed by atoms with Crippen LogP contribution in [0.2, 0.25) is 0 Å². The fourth-order valence-electron chi connectivity index (χ4n) is 6.81. The number of rotatable bonds is 3. The number of hydrogen-bond acceptors (Lipinski definition) is 0. The lowest BCUT2D eigenvalue weighted by Crippen LogP contribution is -2.41. The Hall–Kier alpha value is -0.990. The normalized spacial score (nSPS) is 36.7. The van der Waals surface area contributed by atoms with E-state index in [1.807, 2.05) is 0 Å². The Morgan fingerprint density at radius 3 is 2.07 bits per heavy atom. The number of benzene rings is 1. The molecule has 3 heteroatoms. The van der Waals surface area contributed by atoms with Gasteiger partial charge < -0.3 is 0 Å². The zero-order valence-electron chi connectivity index (χ0n) is 16.5. The van der Waals surface area contributed by atoms with Gasteiger partial charge in [-0.3, -0.25) is 0 Å². The zero-order chi connectivity index (χ0) is 19.0. The van der Waals surface area contributed by atoms with Gasteiger partial charge in [-0.05, 0) is 98.1 Å². The summed E-state index contributed by atoms with van der Waals surface area (Å²) in [6.07, 6.45) is 9.21. The van der Waals surface area contributed by atoms with Gasteiger partial charge >= 0.3 is 6.18 Å². The summed E-state index contributed by atoms with van der Waals surface area (Å²) in [5.74, 6) is 5.01. The van der Waals surface area contributed by atoms with E-state index in [-0.39, 0.29) is 0 Å². The largest absolute Gasteiger partial charge is 0.416 e. The number of fused-ring (bicyclic) bond motifs is 3. The third-order valence-electron chi connectivity index (χ3n) is 8.06. The maximum absolute atomic E-state index is 12.8. The average molecular weight is 379 g/mol. The smallest absolute Gasteiger partial charge is 0.166 e. The van der Waals surface area contributed by atoms with Gasteiger partial charge in [0.15, 0.2) is 0 Å². The predicted molar refractivity (Wildman–Crippen MR) is 103 cm³/mol. The second-order valence-electron chi connectivity index (χ2n) is 9.52. The topological polar surface area (TPSA) is 0 Å². The van der Waals surface area contributed by atoms with E-state index in [1.54, 1.807) is 12.1 Å². The van der Waals surface area contributed by atoms with Crippen molar-refractivity contribution in [2.24, 2.45) is 29.6 Å². The summed E-state index contributed by atoms with van der Waals surface area (Å²) in [6.45, 7) is 2.31. The van der Waals surface area contributed by atoms with Crippen LogP contribution < -0.4 is 0 Å².